The van der Waals surface area contributed by atoms with Gasteiger partial charge in [-0.3, -0.25) is 9.48 Å². The van der Waals surface area contributed by atoms with E-state index in [1.807, 2.05) is 21.8 Å². The zero-order valence-electron chi connectivity index (χ0n) is 10.7. The molecule has 0 radical (unpaired) electrons. The van der Waals surface area contributed by atoms with Crippen LogP contribution in [0.15, 0.2) is 41.5 Å². The third-order valence-corrected chi connectivity index (χ3v) is 3.61. The van der Waals surface area contributed by atoms with Gasteiger partial charge in [0.15, 0.2) is 0 Å². The second-order valence-corrected chi connectivity index (χ2v) is 4.89. The molecule has 1 fully saturated rings. The lowest BCUT2D eigenvalue weighted by atomic mass is 10.0. The topological polar surface area (TPSA) is 51.3 Å². The third-order valence-electron chi connectivity index (χ3n) is 3.61. The number of likely N-dealkylation sites (tertiary alicyclic amines) is 1. The largest absolute Gasteiger partial charge is 0.472 e. The number of aromatic nitrogens is 2. The van der Waals surface area contributed by atoms with E-state index in [4.69, 9.17) is 4.42 Å². The van der Waals surface area contributed by atoms with Gasteiger partial charge in [0, 0.05) is 18.9 Å². The quantitative estimate of drug-likeness (QED) is 0.848. The van der Waals surface area contributed by atoms with Crippen molar-refractivity contribution < 1.29 is 9.21 Å². The van der Waals surface area contributed by atoms with Gasteiger partial charge >= 0.3 is 0 Å². The summed E-state index contributed by atoms with van der Waals surface area (Å²) in [5, 5.41) is 4.23. The smallest absolute Gasteiger partial charge is 0.257 e. The van der Waals surface area contributed by atoms with Crippen molar-refractivity contribution >= 4 is 5.91 Å². The second-order valence-electron chi connectivity index (χ2n) is 4.89. The lowest BCUT2D eigenvalue weighted by Gasteiger charge is -2.35. The SMILES string of the molecule is O=C(c1ccoc1)N1CCCC[C@@H]1Cn1cccn1. The highest BCUT2D eigenvalue weighted by Crippen LogP contribution is 2.21. The summed E-state index contributed by atoms with van der Waals surface area (Å²) in [4.78, 5) is 14.4. The molecule has 0 aromatic carbocycles. The molecular formula is C14H17N3O2. The van der Waals surface area contributed by atoms with Crippen LogP contribution in [-0.4, -0.2) is 33.2 Å². The van der Waals surface area contributed by atoms with Gasteiger partial charge in [-0.2, -0.15) is 5.10 Å². The van der Waals surface area contributed by atoms with Gasteiger partial charge in [0.1, 0.15) is 6.26 Å². The molecule has 0 bridgehead atoms. The fourth-order valence-electron chi connectivity index (χ4n) is 2.63. The predicted octanol–water partition coefficient (Wildman–Crippen LogP) is 2.17. The molecule has 2 aromatic rings. The van der Waals surface area contributed by atoms with Crippen LogP contribution in [0.3, 0.4) is 0 Å². The second kappa shape index (κ2) is 5.30. The van der Waals surface area contributed by atoms with E-state index in [2.05, 4.69) is 5.10 Å². The molecule has 19 heavy (non-hydrogen) atoms. The summed E-state index contributed by atoms with van der Waals surface area (Å²) in [6.07, 6.45) is 10.0. The van der Waals surface area contributed by atoms with Gasteiger partial charge in [-0.15, -0.1) is 0 Å². The predicted molar refractivity (Wildman–Crippen MR) is 69.6 cm³/mol. The van der Waals surface area contributed by atoms with Crippen LogP contribution in [-0.2, 0) is 6.54 Å². The van der Waals surface area contributed by atoms with Crippen molar-refractivity contribution in [2.75, 3.05) is 6.54 Å². The molecule has 2 aromatic heterocycles. The van der Waals surface area contributed by atoms with Crippen molar-refractivity contribution in [1.82, 2.24) is 14.7 Å². The number of piperidine rings is 1. The first-order valence-electron chi connectivity index (χ1n) is 6.65. The summed E-state index contributed by atoms with van der Waals surface area (Å²) < 4.78 is 6.90. The molecule has 0 spiro atoms. The van der Waals surface area contributed by atoms with E-state index < -0.39 is 0 Å². The minimum absolute atomic E-state index is 0.0607. The van der Waals surface area contributed by atoms with Gasteiger partial charge in [-0.05, 0) is 31.4 Å². The van der Waals surface area contributed by atoms with Crippen molar-refractivity contribution in [3.63, 3.8) is 0 Å². The first-order chi connectivity index (χ1) is 9.34. The van der Waals surface area contributed by atoms with Gasteiger partial charge in [-0.25, -0.2) is 0 Å². The fourth-order valence-corrected chi connectivity index (χ4v) is 2.63. The maximum atomic E-state index is 12.4. The molecule has 3 rings (SSSR count). The Hall–Kier alpha value is -2.04. The number of carbonyl (C=O) groups is 1. The molecule has 0 unspecified atom stereocenters. The standard InChI is InChI=1S/C14H17N3O2/c18-14(12-5-9-19-11-12)17-8-2-1-4-13(17)10-16-7-3-6-15-16/h3,5-7,9,11,13H,1-2,4,8,10H2/t13-/m1/s1. The highest BCUT2D eigenvalue weighted by atomic mass is 16.3. The highest BCUT2D eigenvalue weighted by molar-refractivity contribution is 5.94. The summed E-state index contributed by atoms with van der Waals surface area (Å²) in [5.41, 5.74) is 0.632. The number of hydrogen-bond donors (Lipinski definition) is 0. The van der Waals surface area contributed by atoms with Gasteiger partial charge in [0.25, 0.3) is 5.91 Å². The van der Waals surface area contributed by atoms with Gasteiger partial charge < -0.3 is 9.32 Å². The maximum Gasteiger partial charge on any atom is 0.257 e. The molecule has 5 heteroatoms. The summed E-state index contributed by atoms with van der Waals surface area (Å²) in [6.45, 7) is 1.58. The number of hydrogen-bond acceptors (Lipinski definition) is 3. The first kappa shape index (κ1) is 12.0. The van der Waals surface area contributed by atoms with Crippen molar-refractivity contribution in [2.24, 2.45) is 0 Å². The van der Waals surface area contributed by atoms with Crippen molar-refractivity contribution in [3.8, 4) is 0 Å². The fraction of sp³-hybridized carbons (Fsp3) is 0.429. The summed E-state index contributed by atoms with van der Waals surface area (Å²) in [5.74, 6) is 0.0607. The molecule has 3 heterocycles. The van der Waals surface area contributed by atoms with Crippen LogP contribution in [0.5, 0.6) is 0 Å². The molecule has 0 saturated carbocycles. The lowest BCUT2D eigenvalue weighted by molar-refractivity contribution is 0.0583. The lowest BCUT2D eigenvalue weighted by Crippen LogP contribution is -2.45. The molecule has 1 aliphatic heterocycles. The average molecular weight is 259 g/mol. The van der Waals surface area contributed by atoms with E-state index in [0.717, 1.165) is 25.9 Å². The molecule has 1 aliphatic rings. The summed E-state index contributed by atoms with van der Waals surface area (Å²) in [7, 11) is 0. The average Bonchev–Trinajstić information content (AvgIpc) is 3.11. The summed E-state index contributed by atoms with van der Waals surface area (Å²) in [6, 6.07) is 3.85. The van der Waals surface area contributed by atoms with Crippen molar-refractivity contribution in [2.45, 2.75) is 31.8 Å². The van der Waals surface area contributed by atoms with E-state index in [1.165, 1.54) is 12.7 Å². The Morgan fingerprint density at radius 3 is 3.16 bits per heavy atom. The molecule has 0 aliphatic carbocycles. The molecule has 1 atom stereocenters. The zero-order valence-corrected chi connectivity index (χ0v) is 10.7. The van der Waals surface area contributed by atoms with E-state index in [-0.39, 0.29) is 11.9 Å². The van der Waals surface area contributed by atoms with E-state index in [0.29, 0.717) is 5.56 Å². The maximum absolute atomic E-state index is 12.4. The van der Waals surface area contributed by atoms with Crippen LogP contribution in [0, 0.1) is 0 Å². The monoisotopic (exact) mass is 259 g/mol. The highest BCUT2D eigenvalue weighted by Gasteiger charge is 2.28. The zero-order chi connectivity index (χ0) is 13.1. The van der Waals surface area contributed by atoms with Crippen LogP contribution >= 0.6 is 0 Å². The molecule has 0 N–H and O–H groups in total. The van der Waals surface area contributed by atoms with Crippen molar-refractivity contribution in [1.29, 1.82) is 0 Å². The van der Waals surface area contributed by atoms with Crippen molar-refractivity contribution in [3.05, 3.63) is 42.6 Å². The normalized spacial score (nSPS) is 19.6. The van der Waals surface area contributed by atoms with Crippen LogP contribution in [0.4, 0.5) is 0 Å². The molecule has 1 saturated heterocycles. The third kappa shape index (κ3) is 2.54. The van der Waals surface area contributed by atoms with E-state index in [9.17, 15) is 4.79 Å². The Morgan fingerprint density at radius 2 is 2.42 bits per heavy atom. The Morgan fingerprint density at radius 1 is 1.47 bits per heavy atom. The number of nitrogens with zero attached hydrogens (tertiary/aromatic N) is 3. The van der Waals surface area contributed by atoms with Crippen LogP contribution in [0.2, 0.25) is 0 Å². The van der Waals surface area contributed by atoms with Gasteiger partial charge in [-0.1, -0.05) is 0 Å². The molecule has 5 nitrogen and oxygen atoms in total. The molecule has 1 amide bonds. The van der Waals surface area contributed by atoms with Gasteiger partial charge in [0.2, 0.25) is 0 Å². The van der Waals surface area contributed by atoms with Gasteiger partial charge in [0.05, 0.1) is 24.4 Å². The Labute approximate surface area is 111 Å². The van der Waals surface area contributed by atoms with E-state index >= 15 is 0 Å². The number of amides is 1. The minimum atomic E-state index is 0.0607. The molecule has 100 valence electrons. The van der Waals surface area contributed by atoms with Crippen LogP contribution < -0.4 is 0 Å². The molecular weight excluding hydrogens is 242 g/mol. The summed E-state index contributed by atoms with van der Waals surface area (Å²) >= 11 is 0. The first-order valence-corrected chi connectivity index (χ1v) is 6.65. The number of rotatable bonds is 3. The van der Waals surface area contributed by atoms with Crippen LogP contribution in [0.25, 0.3) is 0 Å². The van der Waals surface area contributed by atoms with E-state index in [1.54, 1.807) is 18.5 Å². The van der Waals surface area contributed by atoms with Crippen LogP contribution in [0.1, 0.15) is 29.6 Å². The Balaban J connectivity index is 1.75. The number of furan rings is 1. The Kier molecular flexibility index (Phi) is 3.35. The Bertz CT molecular complexity index is 519. The minimum Gasteiger partial charge on any atom is -0.472 e. The number of carbonyl (C=O) groups excluding carboxylic acids is 1.